The topological polar surface area (TPSA) is 139 Å². The Kier molecular flexibility index (Phi) is 10.1. The maximum absolute atomic E-state index is 13.3. The number of fused-ring (bicyclic) bond motifs is 1. The van der Waals surface area contributed by atoms with Crippen molar-refractivity contribution in [1.29, 1.82) is 0 Å². The summed E-state index contributed by atoms with van der Waals surface area (Å²) in [6, 6.07) is 24.4. The number of rotatable bonds is 12. The van der Waals surface area contributed by atoms with E-state index in [9.17, 15) is 19.2 Å². The van der Waals surface area contributed by atoms with Crippen molar-refractivity contribution in [2.45, 2.75) is 25.5 Å². The Morgan fingerprint density at radius 1 is 0.952 bits per heavy atom. The Bertz CT molecular complexity index is 1580. The number of nitrogens with zero attached hydrogens (tertiary/aromatic N) is 1. The first-order valence-corrected chi connectivity index (χ1v) is 13.4. The first-order chi connectivity index (χ1) is 20.3. The Labute approximate surface area is 243 Å². The molecule has 4 aromatic rings. The van der Waals surface area contributed by atoms with E-state index in [0.717, 1.165) is 22.5 Å². The second kappa shape index (κ2) is 14.3. The fourth-order valence-electron chi connectivity index (χ4n) is 4.35. The minimum Gasteiger partial charge on any atom is -0.478 e. The summed E-state index contributed by atoms with van der Waals surface area (Å²) in [5.74, 6) is -1.89. The molecule has 1 heterocycles. The van der Waals surface area contributed by atoms with Crippen molar-refractivity contribution in [2.24, 2.45) is 7.05 Å². The molecule has 1 aromatic heterocycles. The number of carbonyl (C=O) groups excluding carboxylic acids is 3. The summed E-state index contributed by atoms with van der Waals surface area (Å²) in [6.45, 7) is 0.385. The minimum atomic E-state index is -1.06. The number of anilines is 1. The predicted octanol–water partition coefficient (Wildman–Crippen LogP) is 4.72. The molecule has 0 radical (unpaired) electrons. The molecule has 42 heavy (non-hydrogen) atoms. The molecule has 0 aliphatic heterocycles. The number of amides is 3. The van der Waals surface area contributed by atoms with Crippen LogP contribution < -0.4 is 16.0 Å². The molecule has 0 saturated heterocycles. The number of para-hydroxylation sites is 1. The van der Waals surface area contributed by atoms with Gasteiger partial charge in [-0.05, 0) is 54.3 Å². The van der Waals surface area contributed by atoms with Gasteiger partial charge in [0.05, 0.1) is 0 Å². The van der Waals surface area contributed by atoms with E-state index in [0.29, 0.717) is 23.4 Å². The zero-order valence-electron chi connectivity index (χ0n) is 23.1. The third-order valence-electron chi connectivity index (χ3n) is 6.55. The molecule has 3 aromatic carbocycles. The third kappa shape index (κ3) is 8.31. The predicted molar refractivity (Wildman–Crippen MR) is 160 cm³/mol. The molecule has 0 aliphatic carbocycles. The second-order valence-corrected chi connectivity index (χ2v) is 9.59. The summed E-state index contributed by atoms with van der Waals surface area (Å²) >= 11 is 0. The van der Waals surface area contributed by atoms with Gasteiger partial charge >= 0.3 is 12.1 Å². The number of carbonyl (C=O) groups is 4. The van der Waals surface area contributed by atoms with E-state index < -0.39 is 29.9 Å². The average Bonchev–Trinajstić information content (AvgIpc) is 3.34. The molecule has 0 saturated carbocycles. The van der Waals surface area contributed by atoms with E-state index in [-0.39, 0.29) is 19.6 Å². The van der Waals surface area contributed by atoms with Gasteiger partial charge in [-0.15, -0.1) is 0 Å². The van der Waals surface area contributed by atoms with Crippen LogP contribution in [-0.2, 0) is 28.0 Å². The molecule has 1 atom stereocenters. The number of carboxylic acids is 1. The maximum Gasteiger partial charge on any atom is 0.407 e. The Balaban J connectivity index is 1.39. The van der Waals surface area contributed by atoms with Gasteiger partial charge in [0.1, 0.15) is 18.3 Å². The Morgan fingerprint density at radius 3 is 2.38 bits per heavy atom. The lowest BCUT2D eigenvalue weighted by molar-refractivity contribution is -0.131. The van der Waals surface area contributed by atoms with Crippen molar-refractivity contribution < 1.29 is 29.0 Å². The lowest BCUT2D eigenvalue weighted by Gasteiger charge is -2.19. The smallest absolute Gasteiger partial charge is 0.407 e. The zero-order valence-corrected chi connectivity index (χ0v) is 23.1. The normalized spacial score (nSPS) is 11.6. The number of hydrogen-bond donors (Lipinski definition) is 4. The van der Waals surface area contributed by atoms with Crippen molar-refractivity contribution in [1.82, 2.24) is 15.2 Å². The molecule has 10 heteroatoms. The first kappa shape index (κ1) is 29.6. The first-order valence-electron chi connectivity index (χ1n) is 13.4. The van der Waals surface area contributed by atoms with Crippen LogP contribution in [0.1, 0.15) is 34.5 Å². The molecule has 0 aliphatic rings. The van der Waals surface area contributed by atoms with E-state index in [4.69, 9.17) is 9.84 Å². The maximum atomic E-state index is 13.3. The van der Waals surface area contributed by atoms with Crippen LogP contribution in [0.2, 0.25) is 0 Å². The largest absolute Gasteiger partial charge is 0.478 e. The van der Waals surface area contributed by atoms with Crippen LogP contribution in [0.25, 0.3) is 17.0 Å². The van der Waals surface area contributed by atoms with Crippen LogP contribution in [0.5, 0.6) is 0 Å². The molecule has 4 N–H and O–H groups in total. The van der Waals surface area contributed by atoms with Gasteiger partial charge in [-0.2, -0.15) is 0 Å². The number of aliphatic carboxylic acids is 1. The molecule has 0 fully saturated rings. The average molecular weight is 569 g/mol. The SMILES string of the molecule is Cn1c(C(=O)N[C@@H](CCCNC(=O)OCc2ccccc2)C(=O)Nc2ccc(/C=C/C(=O)O)cc2)cc2ccccc21. The zero-order chi connectivity index (χ0) is 29.9. The Morgan fingerprint density at radius 2 is 1.67 bits per heavy atom. The van der Waals surface area contributed by atoms with Crippen LogP contribution in [-0.4, -0.2) is 46.1 Å². The summed E-state index contributed by atoms with van der Waals surface area (Å²) in [4.78, 5) is 49.4. The van der Waals surface area contributed by atoms with Gasteiger partial charge in [0, 0.05) is 36.3 Å². The number of hydrogen-bond acceptors (Lipinski definition) is 5. The van der Waals surface area contributed by atoms with Crippen LogP contribution in [0, 0.1) is 0 Å². The summed E-state index contributed by atoms with van der Waals surface area (Å²) in [6.07, 6.45) is 2.54. The van der Waals surface area contributed by atoms with Gasteiger partial charge in [-0.3, -0.25) is 9.59 Å². The monoisotopic (exact) mass is 568 g/mol. The molecule has 4 rings (SSSR count). The number of ether oxygens (including phenoxy) is 1. The fourth-order valence-corrected chi connectivity index (χ4v) is 4.35. The second-order valence-electron chi connectivity index (χ2n) is 9.59. The molecule has 216 valence electrons. The van der Waals surface area contributed by atoms with Gasteiger partial charge in [0.15, 0.2) is 0 Å². The highest BCUT2D eigenvalue weighted by Crippen LogP contribution is 2.19. The van der Waals surface area contributed by atoms with Gasteiger partial charge in [0.2, 0.25) is 5.91 Å². The standard InChI is InChI=1S/C32H32N4O6/c1-36-27-12-6-5-10-24(27)20-28(36)31(40)35-26(11-7-19-33-32(41)42-21-23-8-3-2-4-9-23)30(39)34-25-16-13-22(14-17-25)15-18-29(37)38/h2-6,8-10,12-18,20,26H,7,11,19,21H2,1H3,(H,33,41)(H,34,39)(H,35,40)(H,37,38)/b18-15+/t26-/m0/s1. The molecular formula is C32H32N4O6. The highest BCUT2D eigenvalue weighted by atomic mass is 16.5. The van der Waals surface area contributed by atoms with E-state index in [1.54, 1.807) is 41.9 Å². The molecule has 0 spiro atoms. The van der Waals surface area contributed by atoms with Crippen molar-refractivity contribution in [3.63, 3.8) is 0 Å². The van der Waals surface area contributed by atoms with Gasteiger partial charge in [-0.1, -0.05) is 60.7 Å². The highest BCUT2D eigenvalue weighted by molar-refractivity contribution is 6.03. The number of nitrogens with one attached hydrogen (secondary N) is 3. The van der Waals surface area contributed by atoms with Crippen LogP contribution in [0.15, 0.2) is 91.0 Å². The fraction of sp³-hybridized carbons (Fsp3) is 0.188. The highest BCUT2D eigenvalue weighted by Gasteiger charge is 2.23. The summed E-state index contributed by atoms with van der Waals surface area (Å²) < 4.78 is 7.00. The number of aryl methyl sites for hydroxylation is 1. The molecule has 0 bridgehead atoms. The van der Waals surface area contributed by atoms with Crippen LogP contribution in [0.4, 0.5) is 10.5 Å². The van der Waals surface area contributed by atoms with Gasteiger partial charge in [0.25, 0.3) is 5.91 Å². The van der Waals surface area contributed by atoms with E-state index in [2.05, 4.69) is 16.0 Å². The molecule has 10 nitrogen and oxygen atoms in total. The van der Waals surface area contributed by atoms with Gasteiger partial charge in [-0.25, -0.2) is 9.59 Å². The van der Waals surface area contributed by atoms with E-state index in [1.807, 2.05) is 54.6 Å². The third-order valence-corrected chi connectivity index (χ3v) is 6.55. The molecule has 3 amide bonds. The van der Waals surface area contributed by atoms with Crippen LogP contribution in [0.3, 0.4) is 0 Å². The van der Waals surface area contributed by atoms with Crippen molar-refractivity contribution in [3.8, 4) is 0 Å². The van der Waals surface area contributed by atoms with Crippen molar-refractivity contribution in [2.75, 3.05) is 11.9 Å². The molecular weight excluding hydrogens is 536 g/mol. The summed E-state index contributed by atoms with van der Waals surface area (Å²) in [5, 5.41) is 18.0. The van der Waals surface area contributed by atoms with Crippen LogP contribution >= 0.6 is 0 Å². The van der Waals surface area contributed by atoms with E-state index >= 15 is 0 Å². The minimum absolute atomic E-state index is 0.143. The Hall–Kier alpha value is -5.38. The number of benzene rings is 3. The lowest BCUT2D eigenvalue weighted by atomic mass is 10.1. The number of aromatic nitrogens is 1. The molecule has 0 unspecified atom stereocenters. The lowest BCUT2D eigenvalue weighted by Crippen LogP contribution is -2.44. The van der Waals surface area contributed by atoms with Crippen molar-refractivity contribution >= 4 is 46.5 Å². The summed E-state index contributed by atoms with van der Waals surface area (Å²) in [7, 11) is 1.79. The number of alkyl carbamates (subject to hydrolysis) is 1. The summed E-state index contributed by atoms with van der Waals surface area (Å²) in [5.41, 5.74) is 3.30. The number of carboxylic acid groups (broad SMARTS) is 1. The van der Waals surface area contributed by atoms with Gasteiger partial charge < -0.3 is 30.4 Å². The van der Waals surface area contributed by atoms with Crippen molar-refractivity contribution in [3.05, 3.63) is 108 Å². The van der Waals surface area contributed by atoms with E-state index in [1.165, 1.54) is 6.08 Å². The quantitative estimate of drug-likeness (QED) is 0.144.